The van der Waals surface area contributed by atoms with Gasteiger partial charge in [0.05, 0.1) is 5.41 Å². The molecule has 0 aromatic heterocycles. The molecule has 31 heavy (non-hydrogen) atoms. The minimum atomic E-state index is -0.253. The lowest BCUT2D eigenvalue weighted by atomic mass is 9.62. The normalized spacial score (nSPS) is 20.9. The van der Waals surface area contributed by atoms with Gasteiger partial charge in [0.2, 0.25) is 0 Å². The molecule has 1 heterocycles. The number of allylic oxidation sites excluding steroid dienone is 4. The van der Waals surface area contributed by atoms with Gasteiger partial charge in [-0.25, -0.2) is 0 Å². The van der Waals surface area contributed by atoms with Gasteiger partial charge in [-0.15, -0.1) is 24.0 Å². The van der Waals surface area contributed by atoms with E-state index >= 15 is 0 Å². The van der Waals surface area contributed by atoms with Crippen LogP contribution in [0.15, 0.2) is 109 Å². The first-order valence-corrected chi connectivity index (χ1v) is 10.6. The van der Waals surface area contributed by atoms with Crippen LogP contribution in [0.5, 0.6) is 11.5 Å². The fourth-order valence-corrected chi connectivity index (χ4v) is 6.05. The van der Waals surface area contributed by atoms with Crippen molar-refractivity contribution in [2.24, 2.45) is 5.92 Å². The van der Waals surface area contributed by atoms with E-state index in [9.17, 15) is 0 Å². The van der Waals surface area contributed by atoms with Crippen LogP contribution in [0.25, 0.3) is 10.8 Å². The summed E-state index contributed by atoms with van der Waals surface area (Å²) >= 11 is 0. The molecule has 1 spiro atoms. The van der Waals surface area contributed by atoms with Gasteiger partial charge >= 0.3 is 0 Å². The lowest BCUT2D eigenvalue weighted by Gasteiger charge is -2.43. The van der Waals surface area contributed by atoms with Gasteiger partial charge < -0.3 is 4.74 Å². The van der Waals surface area contributed by atoms with Gasteiger partial charge in [-0.05, 0) is 40.1 Å². The van der Waals surface area contributed by atoms with Crippen molar-refractivity contribution < 1.29 is 4.74 Å². The maximum absolute atomic E-state index is 6.40. The predicted molar refractivity (Wildman–Crippen MR) is 137 cm³/mol. The van der Waals surface area contributed by atoms with E-state index in [2.05, 4.69) is 109 Å². The second-order valence-electron chi connectivity index (χ2n) is 8.51. The number of rotatable bonds is 0. The van der Waals surface area contributed by atoms with Crippen LogP contribution in [0.4, 0.5) is 0 Å². The molecule has 150 valence electrons. The highest BCUT2D eigenvalue weighted by Crippen LogP contribution is 2.64. The zero-order valence-corrected chi connectivity index (χ0v) is 19.2. The monoisotopic (exact) mass is 512 g/mol. The van der Waals surface area contributed by atoms with Crippen LogP contribution in [-0.4, -0.2) is 0 Å². The van der Waals surface area contributed by atoms with E-state index in [4.69, 9.17) is 4.74 Å². The summed E-state index contributed by atoms with van der Waals surface area (Å²) in [7, 11) is 0. The summed E-state index contributed by atoms with van der Waals surface area (Å²) in [6.07, 6.45) is 9.22. The van der Waals surface area contributed by atoms with Crippen molar-refractivity contribution in [3.05, 3.63) is 131 Å². The number of para-hydroxylation sites is 2. The van der Waals surface area contributed by atoms with Crippen LogP contribution >= 0.6 is 24.0 Å². The molecule has 4 aromatic rings. The molecule has 1 aliphatic heterocycles. The van der Waals surface area contributed by atoms with E-state index in [1.54, 1.807) is 0 Å². The lowest BCUT2D eigenvalue weighted by Crippen LogP contribution is -2.37. The highest BCUT2D eigenvalue weighted by Gasteiger charge is 2.56. The maximum atomic E-state index is 6.40. The third-order valence-electron chi connectivity index (χ3n) is 7.18. The van der Waals surface area contributed by atoms with E-state index in [-0.39, 0.29) is 29.4 Å². The molecule has 2 heteroatoms. The smallest absolute Gasteiger partial charge is 0.131 e. The Kier molecular flexibility index (Phi) is 4.16. The molecule has 2 unspecified atom stereocenters. The van der Waals surface area contributed by atoms with Crippen LogP contribution < -0.4 is 4.74 Å². The molecule has 2 aliphatic carbocycles. The third-order valence-corrected chi connectivity index (χ3v) is 7.18. The minimum Gasteiger partial charge on any atom is -0.457 e. The van der Waals surface area contributed by atoms with Gasteiger partial charge in [-0.3, -0.25) is 0 Å². The molecule has 0 amide bonds. The Hall–Kier alpha value is -2.85. The number of halogens is 1. The van der Waals surface area contributed by atoms with Crippen molar-refractivity contribution in [2.45, 2.75) is 11.3 Å². The average Bonchev–Trinajstić information content (AvgIpc) is 3.08. The number of fused-ring (bicyclic) bond motifs is 10. The van der Waals surface area contributed by atoms with Gasteiger partial charge in [0, 0.05) is 23.0 Å². The Morgan fingerprint density at radius 2 is 1.19 bits per heavy atom. The summed E-state index contributed by atoms with van der Waals surface area (Å²) in [5.41, 5.74) is 5.14. The topological polar surface area (TPSA) is 9.23 Å². The molecule has 0 saturated carbocycles. The Morgan fingerprint density at radius 1 is 0.613 bits per heavy atom. The summed E-state index contributed by atoms with van der Waals surface area (Å²) in [6.45, 7) is 0. The third kappa shape index (κ3) is 2.37. The molecule has 0 radical (unpaired) electrons. The summed E-state index contributed by atoms with van der Waals surface area (Å²) in [5.74, 6) is 2.62. The minimum absolute atomic E-state index is 0. The van der Waals surface area contributed by atoms with E-state index < -0.39 is 0 Å². The van der Waals surface area contributed by atoms with Crippen molar-refractivity contribution >= 4 is 34.7 Å². The highest BCUT2D eigenvalue weighted by atomic mass is 127. The van der Waals surface area contributed by atoms with E-state index in [0.717, 1.165) is 11.5 Å². The van der Waals surface area contributed by atoms with Gasteiger partial charge in [0.15, 0.2) is 0 Å². The zero-order valence-electron chi connectivity index (χ0n) is 16.9. The molecule has 3 aliphatic rings. The van der Waals surface area contributed by atoms with Crippen LogP contribution in [0.3, 0.4) is 0 Å². The van der Waals surface area contributed by atoms with Crippen molar-refractivity contribution in [1.29, 1.82) is 0 Å². The predicted octanol–water partition coefficient (Wildman–Crippen LogP) is 7.74. The Balaban J connectivity index is 0.00000185. The molecular weight excluding hydrogens is 491 g/mol. The first kappa shape index (κ1) is 18.9. The quantitative estimate of drug-likeness (QED) is 0.219. The second-order valence-corrected chi connectivity index (χ2v) is 8.51. The summed E-state index contributed by atoms with van der Waals surface area (Å²) in [6, 6.07) is 30.8. The molecule has 0 bridgehead atoms. The molecule has 0 N–H and O–H groups in total. The van der Waals surface area contributed by atoms with Gasteiger partial charge in [0.1, 0.15) is 11.5 Å². The van der Waals surface area contributed by atoms with Gasteiger partial charge in [-0.1, -0.05) is 91.0 Å². The zero-order chi connectivity index (χ0) is 19.7. The second kappa shape index (κ2) is 6.83. The number of benzene rings is 4. The lowest BCUT2D eigenvalue weighted by molar-refractivity contribution is 0.374. The van der Waals surface area contributed by atoms with Crippen molar-refractivity contribution in [3.63, 3.8) is 0 Å². The molecule has 0 saturated heterocycles. The average molecular weight is 512 g/mol. The van der Waals surface area contributed by atoms with Crippen molar-refractivity contribution in [1.82, 2.24) is 0 Å². The van der Waals surface area contributed by atoms with Crippen LogP contribution in [0, 0.1) is 5.92 Å². The molecule has 7 rings (SSSR count). The molecule has 0 fully saturated rings. The van der Waals surface area contributed by atoms with Gasteiger partial charge in [-0.2, -0.15) is 0 Å². The van der Waals surface area contributed by atoms with Crippen LogP contribution in [-0.2, 0) is 5.41 Å². The van der Waals surface area contributed by atoms with Crippen molar-refractivity contribution in [2.75, 3.05) is 0 Å². The standard InChI is InChI=1S/C29H20O.HI/c1-2-10-20-18-26-22(17-19(20)9-1)21-11-3-4-12-23(21)29(26)24-13-5-7-15-27(24)30-28-16-8-6-14-25(28)29;/h1-18,21,23H;1H. The van der Waals surface area contributed by atoms with E-state index in [1.165, 1.54) is 33.0 Å². The fourth-order valence-electron chi connectivity index (χ4n) is 6.05. The Bertz CT molecular complexity index is 1350. The van der Waals surface area contributed by atoms with Crippen molar-refractivity contribution in [3.8, 4) is 11.5 Å². The molecule has 4 aromatic carbocycles. The van der Waals surface area contributed by atoms with E-state index in [1.807, 2.05) is 0 Å². The molecule has 2 atom stereocenters. The SMILES string of the molecule is C1=CC2c3cc4ccccc4cc3C3(c4ccccc4Oc4ccccc43)C2C=C1.I. The maximum Gasteiger partial charge on any atom is 0.131 e. The molecule has 1 nitrogen and oxygen atoms in total. The number of hydrogen-bond donors (Lipinski definition) is 0. The van der Waals surface area contributed by atoms with Crippen LogP contribution in [0.2, 0.25) is 0 Å². The summed E-state index contributed by atoms with van der Waals surface area (Å²) in [4.78, 5) is 0. The largest absolute Gasteiger partial charge is 0.457 e. The summed E-state index contributed by atoms with van der Waals surface area (Å²) in [5, 5.41) is 2.60. The highest BCUT2D eigenvalue weighted by molar-refractivity contribution is 14.0. The van der Waals surface area contributed by atoms with E-state index in [0.29, 0.717) is 11.8 Å². The van der Waals surface area contributed by atoms with Gasteiger partial charge in [0.25, 0.3) is 0 Å². The first-order chi connectivity index (χ1) is 14.9. The van der Waals surface area contributed by atoms with Crippen LogP contribution in [0.1, 0.15) is 28.2 Å². The first-order valence-electron chi connectivity index (χ1n) is 10.6. The Labute approximate surface area is 199 Å². The molecular formula is C29H21IO. The summed E-state index contributed by atoms with van der Waals surface area (Å²) < 4.78 is 6.40. The number of hydrogen-bond acceptors (Lipinski definition) is 1. The number of ether oxygens (including phenoxy) is 1. The Morgan fingerprint density at radius 3 is 1.90 bits per heavy atom. The fraction of sp³-hybridized carbons (Fsp3) is 0.103.